The summed E-state index contributed by atoms with van der Waals surface area (Å²) in [5.41, 5.74) is 6.74. The van der Waals surface area contributed by atoms with Crippen molar-refractivity contribution in [3.8, 4) is 11.3 Å². The van der Waals surface area contributed by atoms with E-state index in [0.29, 0.717) is 28.0 Å². The summed E-state index contributed by atoms with van der Waals surface area (Å²) in [7, 11) is 0. The van der Waals surface area contributed by atoms with Crippen LogP contribution in [0.1, 0.15) is 39.0 Å². The minimum atomic E-state index is -1.65. The smallest absolute Gasteiger partial charge is 0.153 e. The molecule has 3 nitrogen and oxygen atoms in total. The number of rotatable bonds is 5. The van der Waals surface area contributed by atoms with E-state index in [2.05, 4.69) is 43.1 Å². The number of fused-ring (bicyclic) bond motifs is 3. The van der Waals surface area contributed by atoms with Gasteiger partial charge in [-0.15, -0.1) is 0 Å². The van der Waals surface area contributed by atoms with E-state index < -0.39 is 6.37 Å². The fourth-order valence-electron chi connectivity index (χ4n) is 4.56. The average Bonchev–Trinajstić information content (AvgIpc) is 3.32. The molecule has 0 saturated heterocycles. The molecule has 0 atom stereocenters. The van der Waals surface area contributed by atoms with Crippen molar-refractivity contribution in [3.63, 3.8) is 0 Å². The normalized spacial score (nSPS) is 13.1. The highest BCUT2D eigenvalue weighted by molar-refractivity contribution is 6.07. The Morgan fingerprint density at radius 2 is 1.57 bits per heavy atom. The van der Waals surface area contributed by atoms with Crippen LogP contribution < -0.4 is 0 Å². The summed E-state index contributed by atoms with van der Waals surface area (Å²) in [5, 5.41) is 0.913. The fraction of sp³-hybridized carbons (Fsp3) is 0.125. The number of benzene rings is 3. The van der Waals surface area contributed by atoms with E-state index in [1.807, 2.05) is 60.7 Å². The van der Waals surface area contributed by atoms with Gasteiger partial charge in [0.2, 0.25) is 0 Å². The van der Waals surface area contributed by atoms with E-state index in [-0.39, 0.29) is 5.41 Å². The summed E-state index contributed by atoms with van der Waals surface area (Å²) in [6.45, 7) is 4.36. The van der Waals surface area contributed by atoms with Gasteiger partial charge in [0.05, 0.1) is 11.4 Å². The fourth-order valence-corrected chi connectivity index (χ4v) is 4.56. The van der Waals surface area contributed by atoms with Crippen LogP contribution in [0.4, 0.5) is 0 Å². The summed E-state index contributed by atoms with van der Waals surface area (Å²) in [6, 6.07) is 33.1. The third-order valence-electron chi connectivity index (χ3n) is 6.57. The molecule has 3 aromatic heterocycles. The van der Waals surface area contributed by atoms with Crippen molar-refractivity contribution in [3.05, 3.63) is 132 Å². The van der Waals surface area contributed by atoms with Gasteiger partial charge in [-0.1, -0.05) is 80.6 Å². The number of aromatic nitrogens is 2. The largest absolute Gasteiger partial charge is 0.454 e. The van der Waals surface area contributed by atoms with Crippen molar-refractivity contribution in [2.45, 2.75) is 25.6 Å². The van der Waals surface area contributed by atoms with Gasteiger partial charge in [-0.2, -0.15) is 0 Å². The van der Waals surface area contributed by atoms with Gasteiger partial charge in [0.15, 0.2) is 5.58 Å². The Morgan fingerprint density at radius 3 is 2.37 bits per heavy atom. The zero-order chi connectivity index (χ0) is 25.6. The van der Waals surface area contributed by atoms with Crippen molar-refractivity contribution >= 4 is 22.1 Å². The highest BCUT2D eigenvalue weighted by Crippen LogP contribution is 2.37. The lowest BCUT2D eigenvalue weighted by Gasteiger charge is -2.24. The van der Waals surface area contributed by atoms with Crippen molar-refractivity contribution in [2.75, 3.05) is 0 Å². The van der Waals surface area contributed by atoms with Crippen LogP contribution in [0, 0.1) is 0 Å². The Hall–Kier alpha value is -4.24. The topological polar surface area (TPSA) is 38.9 Å². The number of nitrogens with zero attached hydrogens (tertiary/aromatic N) is 2. The minimum Gasteiger partial charge on any atom is -0.454 e. The summed E-state index contributed by atoms with van der Waals surface area (Å²) in [4.78, 5) is 9.66. The Kier molecular flexibility index (Phi) is 4.65. The standard InChI is InChI=1S/C32H26N2O/c1-32(2,24-12-7-4-8-13-24)29-17-16-28-30(34-29)26-15-9-14-25(31(26)35-28)27-21-23(18-19-33-27)20-22-10-5-3-6-11-22/h3-19,21H,20H2,1-2H3/i20D2. The second-order valence-corrected chi connectivity index (χ2v) is 9.24. The van der Waals surface area contributed by atoms with E-state index >= 15 is 0 Å². The monoisotopic (exact) mass is 456 g/mol. The molecule has 0 bridgehead atoms. The van der Waals surface area contributed by atoms with Gasteiger partial charge in [-0.05, 0) is 59.5 Å². The molecule has 0 aliphatic carbocycles. The van der Waals surface area contributed by atoms with Gasteiger partial charge in [-0.3, -0.25) is 4.98 Å². The Bertz CT molecular complexity index is 1720. The molecule has 6 aromatic rings. The van der Waals surface area contributed by atoms with Crippen LogP contribution in [0.15, 0.2) is 114 Å². The van der Waals surface area contributed by atoms with Gasteiger partial charge in [0.25, 0.3) is 0 Å². The maximum absolute atomic E-state index is 8.78. The Morgan fingerprint density at radius 1 is 0.800 bits per heavy atom. The second kappa shape index (κ2) is 8.52. The van der Waals surface area contributed by atoms with Gasteiger partial charge in [-0.25, -0.2) is 4.98 Å². The van der Waals surface area contributed by atoms with Crippen molar-refractivity contribution in [1.29, 1.82) is 0 Å². The average molecular weight is 457 g/mol. The maximum Gasteiger partial charge on any atom is 0.153 e. The first-order valence-corrected chi connectivity index (χ1v) is 11.8. The number of hydrogen-bond acceptors (Lipinski definition) is 3. The lowest BCUT2D eigenvalue weighted by Crippen LogP contribution is -2.20. The molecular weight excluding hydrogens is 428 g/mol. The highest BCUT2D eigenvalue weighted by Gasteiger charge is 2.26. The first kappa shape index (κ1) is 19.1. The minimum absolute atomic E-state index is 0.268. The summed E-state index contributed by atoms with van der Waals surface area (Å²) in [6.07, 6.45) is 0.00581. The quantitative estimate of drug-likeness (QED) is 0.264. The molecule has 0 aliphatic heterocycles. The molecule has 0 unspecified atom stereocenters. The molecule has 0 saturated carbocycles. The van der Waals surface area contributed by atoms with Crippen molar-refractivity contribution in [1.82, 2.24) is 9.97 Å². The molecule has 0 aliphatic rings. The van der Waals surface area contributed by atoms with Crippen LogP contribution in [0.5, 0.6) is 0 Å². The van der Waals surface area contributed by atoms with Crippen molar-refractivity contribution < 1.29 is 7.16 Å². The molecule has 3 heterocycles. The number of hydrogen-bond donors (Lipinski definition) is 0. The third kappa shape index (κ3) is 3.89. The molecular formula is C32H26N2O. The summed E-state index contributed by atoms with van der Waals surface area (Å²) >= 11 is 0. The molecule has 0 radical (unpaired) electrons. The van der Waals surface area contributed by atoms with Gasteiger partial charge in [0, 0.05) is 25.3 Å². The zero-order valence-electron chi connectivity index (χ0n) is 21.7. The van der Waals surface area contributed by atoms with Crippen LogP contribution in [0.2, 0.25) is 0 Å². The molecule has 0 fully saturated rings. The SMILES string of the molecule is [2H]C([2H])(c1ccccc1)c1ccnc(-c2cccc3c2oc2ccc(C(C)(C)c4ccccc4)nc23)c1. The van der Waals surface area contributed by atoms with E-state index in [9.17, 15) is 0 Å². The van der Waals surface area contributed by atoms with E-state index in [4.69, 9.17) is 12.1 Å². The van der Waals surface area contributed by atoms with E-state index in [1.54, 1.807) is 24.4 Å². The third-order valence-corrected chi connectivity index (χ3v) is 6.57. The molecule has 6 rings (SSSR count). The second-order valence-electron chi connectivity index (χ2n) is 9.24. The molecule has 170 valence electrons. The lowest BCUT2D eigenvalue weighted by atomic mass is 9.81. The predicted molar refractivity (Wildman–Crippen MR) is 143 cm³/mol. The van der Waals surface area contributed by atoms with Crippen LogP contribution in [0.25, 0.3) is 33.3 Å². The molecule has 3 aromatic carbocycles. The van der Waals surface area contributed by atoms with Crippen LogP contribution >= 0.6 is 0 Å². The molecule has 3 heteroatoms. The molecule has 0 amide bonds. The lowest BCUT2D eigenvalue weighted by molar-refractivity contribution is 0.617. The van der Waals surface area contributed by atoms with E-state index in [0.717, 1.165) is 22.2 Å². The summed E-state index contributed by atoms with van der Waals surface area (Å²) in [5.74, 6) is 0. The number of para-hydroxylation sites is 1. The Labute approximate surface area is 207 Å². The molecule has 0 N–H and O–H groups in total. The highest BCUT2D eigenvalue weighted by atomic mass is 16.3. The van der Waals surface area contributed by atoms with Gasteiger partial charge >= 0.3 is 0 Å². The molecule has 35 heavy (non-hydrogen) atoms. The first-order chi connectivity index (χ1) is 17.9. The Balaban J connectivity index is 1.47. The van der Waals surface area contributed by atoms with Crippen LogP contribution in [0.3, 0.4) is 0 Å². The zero-order valence-corrected chi connectivity index (χ0v) is 19.7. The number of pyridine rings is 2. The first-order valence-electron chi connectivity index (χ1n) is 12.8. The molecule has 0 spiro atoms. The van der Waals surface area contributed by atoms with Crippen molar-refractivity contribution in [2.24, 2.45) is 0 Å². The van der Waals surface area contributed by atoms with E-state index in [1.165, 1.54) is 5.56 Å². The van der Waals surface area contributed by atoms with Crippen LogP contribution in [-0.4, -0.2) is 9.97 Å². The summed E-state index contributed by atoms with van der Waals surface area (Å²) < 4.78 is 23.9. The van der Waals surface area contributed by atoms with Crippen LogP contribution in [-0.2, 0) is 11.8 Å². The van der Waals surface area contributed by atoms with Gasteiger partial charge < -0.3 is 4.42 Å². The van der Waals surface area contributed by atoms with Gasteiger partial charge in [0.1, 0.15) is 11.1 Å². The predicted octanol–water partition coefficient (Wildman–Crippen LogP) is 7.96. The maximum atomic E-state index is 8.78. The number of furan rings is 1.